The summed E-state index contributed by atoms with van der Waals surface area (Å²) in [7, 11) is 1.57. The Labute approximate surface area is 239 Å². The van der Waals surface area contributed by atoms with Crippen LogP contribution in [0.4, 0.5) is 0 Å². The second-order valence-corrected chi connectivity index (χ2v) is 10.9. The molecule has 4 aromatic carbocycles. The van der Waals surface area contributed by atoms with Gasteiger partial charge in [-0.1, -0.05) is 78.3 Å². The molecule has 0 aromatic heterocycles. The minimum Gasteiger partial charge on any atom is -0.493 e. The first kappa shape index (κ1) is 26.4. The quantitative estimate of drug-likeness (QED) is 0.157. The van der Waals surface area contributed by atoms with E-state index in [1.807, 2.05) is 42.5 Å². The minimum absolute atomic E-state index is 0.121. The Bertz CT molecular complexity index is 1470. The van der Waals surface area contributed by atoms with Gasteiger partial charge in [0.05, 0.1) is 28.8 Å². The van der Waals surface area contributed by atoms with E-state index in [4.69, 9.17) is 21.1 Å². The molecular formula is C30H24BrClN2O3S. The smallest absolute Gasteiger partial charge is 0.250 e. The van der Waals surface area contributed by atoms with Gasteiger partial charge in [-0.05, 0) is 61.9 Å². The van der Waals surface area contributed by atoms with E-state index in [1.54, 1.807) is 31.2 Å². The molecule has 5 rings (SSSR count). The summed E-state index contributed by atoms with van der Waals surface area (Å²) in [5, 5.41) is 4.92. The van der Waals surface area contributed by atoms with Crippen molar-refractivity contribution in [2.75, 3.05) is 12.9 Å². The molecule has 1 aliphatic carbocycles. The number of hydrogen-bond acceptors (Lipinski definition) is 5. The molecule has 8 heteroatoms. The van der Waals surface area contributed by atoms with Crippen molar-refractivity contribution in [2.24, 2.45) is 5.10 Å². The fraction of sp³-hybridized carbons (Fsp3) is 0.133. The Hall–Kier alpha value is -3.26. The van der Waals surface area contributed by atoms with Crippen LogP contribution in [-0.2, 0) is 11.4 Å². The average Bonchev–Trinajstić information content (AvgIpc) is 3.25. The Morgan fingerprint density at radius 2 is 1.68 bits per heavy atom. The largest absolute Gasteiger partial charge is 0.493 e. The van der Waals surface area contributed by atoms with Crippen LogP contribution in [0.2, 0.25) is 5.02 Å². The van der Waals surface area contributed by atoms with E-state index >= 15 is 0 Å². The molecule has 0 saturated carbocycles. The van der Waals surface area contributed by atoms with Gasteiger partial charge < -0.3 is 9.47 Å². The van der Waals surface area contributed by atoms with Gasteiger partial charge in [0, 0.05) is 10.6 Å². The van der Waals surface area contributed by atoms with Gasteiger partial charge in [0.15, 0.2) is 11.5 Å². The highest BCUT2D eigenvalue weighted by Crippen LogP contribution is 2.49. The fourth-order valence-electron chi connectivity index (χ4n) is 4.38. The van der Waals surface area contributed by atoms with Crippen LogP contribution in [0.5, 0.6) is 11.5 Å². The first-order valence-corrected chi connectivity index (χ1v) is 14.1. The Morgan fingerprint density at radius 1 is 1.03 bits per heavy atom. The summed E-state index contributed by atoms with van der Waals surface area (Å²) in [5.41, 5.74) is 9.20. The predicted octanol–water partition coefficient (Wildman–Crippen LogP) is 7.64. The zero-order chi connectivity index (χ0) is 26.5. The summed E-state index contributed by atoms with van der Waals surface area (Å²) in [5.74, 6) is 1.21. The summed E-state index contributed by atoms with van der Waals surface area (Å²) in [4.78, 5) is 12.6. The summed E-state index contributed by atoms with van der Waals surface area (Å²) < 4.78 is 12.2. The number of nitrogens with one attached hydrogen (secondary N) is 1. The molecule has 0 saturated heterocycles. The first-order chi connectivity index (χ1) is 18.5. The maximum Gasteiger partial charge on any atom is 0.250 e. The topological polar surface area (TPSA) is 59.9 Å². The van der Waals surface area contributed by atoms with Crippen molar-refractivity contribution in [2.45, 2.75) is 11.9 Å². The Kier molecular flexibility index (Phi) is 8.37. The van der Waals surface area contributed by atoms with E-state index in [-0.39, 0.29) is 16.9 Å². The number of amides is 1. The van der Waals surface area contributed by atoms with E-state index in [0.717, 1.165) is 11.1 Å². The molecule has 1 N–H and O–H groups in total. The number of ether oxygens (including phenoxy) is 2. The van der Waals surface area contributed by atoms with Gasteiger partial charge >= 0.3 is 0 Å². The lowest BCUT2D eigenvalue weighted by Crippen LogP contribution is -2.20. The number of benzene rings is 4. The number of methoxy groups -OCH3 is 1. The van der Waals surface area contributed by atoms with Crippen LogP contribution in [-0.4, -0.2) is 25.0 Å². The van der Waals surface area contributed by atoms with Crippen LogP contribution < -0.4 is 14.9 Å². The molecule has 1 amide bonds. The highest BCUT2D eigenvalue weighted by molar-refractivity contribution is 9.10. The van der Waals surface area contributed by atoms with Crippen LogP contribution in [0, 0.1) is 0 Å². The Morgan fingerprint density at radius 3 is 2.37 bits per heavy atom. The molecule has 192 valence electrons. The Balaban J connectivity index is 1.20. The molecule has 0 heterocycles. The van der Waals surface area contributed by atoms with E-state index in [2.05, 4.69) is 62.9 Å². The van der Waals surface area contributed by atoms with E-state index in [9.17, 15) is 4.79 Å². The number of carbonyl (C=O) groups is 1. The monoisotopic (exact) mass is 606 g/mol. The van der Waals surface area contributed by atoms with Gasteiger partial charge in [0.2, 0.25) is 5.91 Å². The third-order valence-corrected chi connectivity index (χ3v) is 8.37. The molecular weight excluding hydrogens is 584 g/mol. The molecule has 38 heavy (non-hydrogen) atoms. The van der Waals surface area contributed by atoms with E-state index < -0.39 is 0 Å². The SMILES string of the molecule is COc1cc(C=NNC(=O)CSC2c3ccccc3-c3ccccc32)cc(Br)c1OCc1ccccc1Cl. The molecule has 0 aliphatic heterocycles. The summed E-state index contributed by atoms with van der Waals surface area (Å²) in [6.07, 6.45) is 1.58. The zero-order valence-electron chi connectivity index (χ0n) is 20.5. The molecule has 0 unspecified atom stereocenters. The molecule has 1 aliphatic rings. The molecule has 5 nitrogen and oxygen atoms in total. The van der Waals surface area contributed by atoms with Gasteiger partial charge in [-0.3, -0.25) is 4.79 Å². The van der Waals surface area contributed by atoms with E-state index in [1.165, 1.54) is 22.3 Å². The van der Waals surface area contributed by atoms with Crippen molar-refractivity contribution in [3.8, 4) is 22.6 Å². The van der Waals surface area contributed by atoms with Crippen LogP contribution in [0.15, 0.2) is 94.5 Å². The van der Waals surface area contributed by atoms with Crippen molar-refractivity contribution in [1.29, 1.82) is 0 Å². The van der Waals surface area contributed by atoms with Crippen LogP contribution >= 0.6 is 39.3 Å². The lowest BCUT2D eigenvalue weighted by atomic mass is 10.1. The second-order valence-electron chi connectivity index (χ2n) is 8.57. The summed E-state index contributed by atoms with van der Waals surface area (Å²) >= 11 is 11.4. The standard InChI is InChI=1S/C30H24BrClN2O3S/c1-36-27-15-19(14-25(31)29(27)37-17-20-8-2-7-13-26(20)32)16-33-34-28(35)18-38-30-23-11-5-3-9-21(23)22-10-4-6-12-24(22)30/h2-16,30H,17-18H2,1H3,(H,34,35). The molecule has 0 fully saturated rings. The number of nitrogens with zero attached hydrogens (tertiary/aromatic N) is 1. The number of halogens is 2. The normalized spacial score (nSPS) is 12.3. The minimum atomic E-state index is -0.168. The molecule has 4 aromatic rings. The number of rotatable bonds is 9. The molecule has 0 spiro atoms. The number of hydrazone groups is 1. The predicted molar refractivity (Wildman–Crippen MR) is 158 cm³/mol. The van der Waals surface area contributed by atoms with Crippen molar-refractivity contribution in [3.63, 3.8) is 0 Å². The van der Waals surface area contributed by atoms with Gasteiger partial charge in [-0.2, -0.15) is 5.10 Å². The summed E-state index contributed by atoms with van der Waals surface area (Å²) in [6.45, 7) is 0.297. The number of fused-ring (bicyclic) bond motifs is 3. The van der Waals surface area contributed by atoms with Crippen molar-refractivity contribution in [1.82, 2.24) is 5.43 Å². The van der Waals surface area contributed by atoms with Crippen molar-refractivity contribution in [3.05, 3.63) is 117 Å². The van der Waals surface area contributed by atoms with Crippen LogP contribution in [0.25, 0.3) is 11.1 Å². The van der Waals surface area contributed by atoms with Crippen molar-refractivity contribution < 1.29 is 14.3 Å². The van der Waals surface area contributed by atoms with Crippen LogP contribution in [0.3, 0.4) is 0 Å². The lowest BCUT2D eigenvalue weighted by molar-refractivity contribution is -0.118. The maximum atomic E-state index is 12.6. The maximum absolute atomic E-state index is 12.6. The number of hydrogen-bond donors (Lipinski definition) is 1. The first-order valence-electron chi connectivity index (χ1n) is 11.9. The highest BCUT2D eigenvalue weighted by Gasteiger charge is 2.28. The molecule has 0 atom stereocenters. The third kappa shape index (κ3) is 5.75. The second kappa shape index (κ2) is 12.1. The number of thioether (sulfide) groups is 1. The van der Waals surface area contributed by atoms with Gasteiger partial charge in [-0.25, -0.2) is 5.43 Å². The highest BCUT2D eigenvalue weighted by atomic mass is 79.9. The lowest BCUT2D eigenvalue weighted by Gasteiger charge is -2.14. The third-order valence-electron chi connectivity index (χ3n) is 6.14. The fourth-order valence-corrected chi connectivity index (χ4v) is 6.30. The van der Waals surface area contributed by atoms with Crippen molar-refractivity contribution >= 4 is 51.4 Å². The zero-order valence-corrected chi connectivity index (χ0v) is 23.6. The number of carbonyl (C=O) groups excluding carboxylic acids is 1. The van der Waals surface area contributed by atoms with Gasteiger partial charge in [0.1, 0.15) is 6.61 Å². The summed E-state index contributed by atoms with van der Waals surface area (Å²) in [6, 6.07) is 27.9. The van der Waals surface area contributed by atoms with Gasteiger partial charge in [-0.15, -0.1) is 11.8 Å². The van der Waals surface area contributed by atoms with E-state index in [0.29, 0.717) is 27.6 Å². The van der Waals surface area contributed by atoms with Gasteiger partial charge in [0.25, 0.3) is 0 Å². The average molecular weight is 608 g/mol. The van der Waals surface area contributed by atoms with Crippen LogP contribution in [0.1, 0.15) is 27.5 Å². The molecule has 0 radical (unpaired) electrons. The molecule has 0 bridgehead atoms.